The number of nitro groups is 3. The summed E-state index contributed by atoms with van der Waals surface area (Å²) >= 11 is 0. The van der Waals surface area contributed by atoms with Crippen LogP contribution in [0, 0.1) is 30.3 Å². The fourth-order valence-corrected chi connectivity index (χ4v) is 4.00. The highest BCUT2D eigenvalue weighted by molar-refractivity contribution is 7.92. The van der Waals surface area contributed by atoms with E-state index in [1.54, 1.807) is 0 Å². The maximum atomic E-state index is 12.7. The van der Waals surface area contributed by atoms with Gasteiger partial charge in [0.25, 0.3) is 11.4 Å². The van der Waals surface area contributed by atoms with Crippen LogP contribution in [0.2, 0.25) is 0 Å². The molecular weight excluding hydrogens is 360 g/mol. The maximum absolute atomic E-state index is 12.7. The van der Waals surface area contributed by atoms with Gasteiger partial charge >= 0.3 is 5.69 Å². The zero-order valence-corrected chi connectivity index (χ0v) is 12.7. The van der Waals surface area contributed by atoms with Gasteiger partial charge in [0.15, 0.2) is 0 Å². The van der Waals surface area contributed by atoms with Crippen molar-refractivity contribution in [2.24, 2.45) is 0 Å². The first-order valence-corrected chi connectivity index (χ1v) is 7.88. The molecule has 1 heterocycles. The van der Waals surface area contributed by atoms with Gasteiger partial charge in [-0.25, -0.2) is 8.42 Å². The average molecular weight is 366 g/mol. The second-order valence-electron chi connectivity index (χ2n) is 4.92. The van der Waals surface area contributed by atoms with E-state index in [0.29, 0.717) is 12.1 Å². The molecule has 13 heteroatoms. The van der Waals surface area contributed by atoms with Crippen molar-refractivity contribution in [2.75, 3.05) is 5.32 Å². The third kappa shape index (κ3) is 2.42. The van der Waals surface area contributed by atoms with Crippen molar-refractivity contribution in [3.05, 3.63) is 60.7 Å². The number of sulfone groups is 1. The van der Waals surface area contributed by atoms with E-state index < -0.39 is 57.1 Å². The molecule has 2 aromatic carbocycles. The third-order valence-electron chi connectivity index (χ3n) is 3.49. The van der Waals surface area contributed by atoms with Crippen LogP contribution in [0.25, 0.3) is 0 Å². The van der Waals surface area contributed by atoms with Gasteiger partial charge in [0.05, 0.1) is 26.5 Å². The Hall–Kier alpha value is -3.61. The Balaban J connectivity index is 2.36. The molecule has 2 aromatic rings. The van der Waals surface area contributed by atoms with E-state index in [-0.39, 0.29) is 5.69 Å². The van der Waals surface area contributed by atoms with Crippen LogP contribution in [-0.2, 0) is 9.84 Å². The first-order valence-electron chi connectivity index (χ1n) is 6.40. The third-order valence-corrected chi connectivity index (χ3v) is 5.31. The van der Waals surface area contributed by atoms with Gasteiger partial charge in [0.1, 0.15) is 15.5 Å². The molecule has 0 amide bonds. The van der Waals surface area contributed by atoms with Crippen LogP contribution in [0.1, 0.15) is 0 Å². The molecule has 25 heavy (non-hydrogen) atoms. The van der Waals surface area contributed by atoms with Crippen LogP contribution in [-0.4, -0.2) is 23.2 Å². The van der Waals surface area contributed by atoms with E-state index >= 15 is 0 Å². The predicted octanol–water partition coefficient (Wildman–Crippen LogP) is 2.30. The molecule has 0 aromatic heterocycles. The van der Waals surface area contributed by atoms with Crippen molar-refractivity contribution in [1.29, 1.82) is 0 Å². The van der Waals surface area contributed by atoms with Gasteiger partial charge in [-0.15, -0.1) is 0 Å². The minimum atomic E-state index is -4.45. The van der Waals surface area contributed by atoms with Gasteiger partial charge < -0.3 is 5.32 Å². The topological polar surface area (TPSA) is 176 Å². The summed E-state index contributed by atoms with van der Waals surface area (Å²) in [5.74, 6) is 0. The first kappa shape index (κ1) is 16.3. The molecule has 0 radical (unpaired) electrons. The zero-order valence-electron chi connectivity index (χ0n) is 11.9. The largest absolute Gasteiger partial charge is 0.348 e. The smallest absolute Gasteiger partial charge is 0.300 e. The van der Waals surface area contributed by atoms with Gasteiger partial charge in [-0.3, -0.25) is 30.3 Å². The van der Waals surface area contributed by atoms with Gasteiger partial charge in [-0.1, -0.05) is 0 Å². The molecule has 0 fully saturated rings. The summed E-state index contributed by atoms with van der Waals surface area (Å²) in [5.41, 5.74) is -2.62. The van der Waals surface area contributed by atoms with Crippen LogP contribution in [0.15, 0.2) is 40.1 Å². The predicted molar refractivity (Wildman–Crippen MR) is 81.6 cm³/mol. The number of nitro benzene ring substituents is 3. The van der Waals surface area contributed by atoms with E-state index in [0.717, 1.165) is 18.2 Å². The SMILES string of the molecule is O=[N+]([O-])c1ccc2c(c1)S(=O)(=O)c1cc([N+](=O)[O-])cc([N+](=O)[O-])c1N2. The minimum absolute atomic E-state index is 0.102. The number of non-ortho nitro benzene ring substituents is 2. The average Bonchev–Trinajstić information content (AvgIpc) is 2.53. The number of rotatable bonds is 3. The van der Waals surface area contributed by atoms with Crippen molar-refractivity contribution in [2.45, 2.75) is 9.79 Å². The highest BCUT2D eigenvalue weighted by Gasteiger charge is 2.37. The lowest BCUT2D eigenvalue weighted by Crippen LogP contribution is -2.16. The fourth-order valence-electron chi connectivity index (χ4n) is 2.38. The summed E-state index contributed by atoms with van der Waals surface area (Å²) < 4.78 is 25.4. The van der Waals surface area contributed by atoms with Gasteiger partial charge in [0, 0.05) is 18.2 Å². The normalized spacial score (nSPS) is 13.9. The maximum Gasteiger partial charge on any atom is 0.300 e. The van der Waals surface area contributed by atoms with Crippen molar-refractivity contribution >= 4 is 38.3 Å². The van der Waals surface area contributed by atoms with Crippen LogP contribution in [0.5, 0.6) is 0 Å². The molecule has 0 atom stereocenters. The monoisotopic (exact) mass is 366 g/mol. The summed E-state index contributed by atoms with van der Waals surface area (Å²) in [6, 6.07) is 4.22. The molecule has 1 N–H and O–H groups in total. The number of anilines is 2. The molecule has 0 bridgehead atoms. The van der Waals surface area contributed by atoms with E-state index in [1.807, 2.05) is 0 Å². The molecule has 1 aliphatic heterocycles. The second-order valence-corrected chi connectivity index (χ2v) is 6.80. The quantitative estimate of drug-likeness (QED) is 0.538. The Kier molecular flexibility index (Phi) is 3.38. The summed E-state index contributed by atoms with van der Waals surface area (Å²) in [5, 5.41) is 35.5. The van der Waals surface area contributed by atoms with E-state index in [2.05, 4.69) is 5.32 Å². The number of benzene rings is 2. The van der Waals surface area contributed by atoms with Crippen molar-refractivity contribution < 1.29 is 23.2 Å². The first-order chi connectivity index (χ1) is 11.6. The Morgan fingerprint density at radius 1 is 0.800 bits per heavy atom. The van der Waals surface area contributed by atoms with E-state index in [1.165, 1.54) is 0 Å². The number of nitrogens with zero attached hydrogens (tertiary/aromatic N) is 3. The summed E-state index contributed by atoms with van der Waals surface area (Å²) in [6.45, 7) is 0. The highest BCUT2D eigenvalue weighted by Crippen LogP contribution is 2.46. The lowest BCUT2D eigenvalue weighted by molar-refractivity contribution is -0.393. The molecule has 0 aliphatic carbocycles. The van der Waals surface area contributed by atoms with Crippen molar-refractivity contribution in [3.8, 4) is 0 Å². The Morgan fingerprint density at radius 2 is 1.40 bits per heavy atom. The van der Waals surface area contributed by atoms with Crippen LogP contribution in [0.3, 0.4) is 0 Å². The van der Waals surface area contributed by atoms with Gasteiger partial charge in [-0.2, -0.15) is 0 Å². The van der Waals surface area contributed by atoms with Crippen molar-refractivity contribution in [3.63, 3.8) is 0 Å². The zero-order chi connectivity index (χ0) is 18.5. The van der Waals surface area contributed by atoms with Gasteiger partial charge in [0.2, 0.25) is 9.84 Å². The molecule has 0 saturated heterocycles. The van der Waals surface area contributed by atoms with Crippen LogP contribution in [0.4, 0.5) is 28.4 Å². The summed E-state index contributed by atoms with van der Waals surface area (Å²) in [4.78, 5) is 29.0. The fraction of sp³-hybridized carbons (Fsp3) is 0. The number of nitrogens with one attached hydrogen (secondary N) is 1. The lowest BCUT2D eigenvalue weighted by Gasteiger charge is -2.20. The molecule has 0 saturated carbocycles. The van der Waals surface area contributed by atoms with Crippen LogP contribution >= 0.6 is 0 Å². The Bertz CT molecular complexity index is 1080. The Labute approximate surface area is 138 Å². The summed E-state index contributed by atoms with van der Waals surface area (Å²) in [7, 11) is -4.45. The van der Waals surface area contributed by atoms with Crippen molar-refractivity contribution in [1.82, 2.24) is 0 Å². The molecule has 0 spiro atoms. The van der Waals surface area contributed by atoms with E-state index in [9.17, 15) is 38.8 Å². The lowest BCUT2D eigenvalue weighted by atomic mass is 10.2. The summed E-state index contributed by atoms with van der Waals surface area (Å²) in [6.07, 6.45) is 0. The molecule has 1 aliphatic rings. The number of hydrogen-bond acceptors (Lipinski definition) is 9. The highest BCUT2D eigenvalue weighted by atomic mass is 32.2. The van der Waals surface area contributed by atoms with E-state index in [4.69, 9.17) is 0 Å². The second kappa shape index (κ2) is 5.20. The number of hydrogen-bond donors (Lipinski definition) is 1. The molecular formula is C12H6N4O8S. The Morgan fingerprint density at radius 3 is 1.96 bits per heavy atom. The van der Waals surface area contributed by atoms with Crippen LogP contribution < -0.4 is 5.32 Å². The molecule has 12 nitrogen and oxygen atoms in total. The van der Waals surface area contributed by atoms with Gasteiger partial charge in [-0.05, 0) is 6.07 Å². The molecule has 3 rings (SSSR count). The standard InChI is InChI=1S/C12H6N4O8S/c17-14(18)6-1-2-8-10(4-6)25(23,24)11-5-7(15(19)20)3-9(16(21)22)12(11)13-8/h1-5,13H. The minimum Gasteiger partial charge on any atom is -0.348 e. The number of fused-ring (bicyclic) bond motifs is 2. The molecule has 0 unspecified atom stereocenters. The molecule has 128 valence electrons.